The number of carbonyl (C=O) groups is 1. The minimum atomic E-state index is -4.09. The first-order valence-electron chi connectivity index (χ1n) is 8.40. The third kappa shape index (κ3) is 15.5. The SMILES string of the molecule is C=C=C=C(C#CC#CCOP(=O)(O)OCCCCCCNC(C)=O)CC. The van der Waals surface area contributed by atoms with Crippen molar-refractivity contribution in [2.45, 2.75) is 46.0 Å². The van der Waals surface area contributed by atoms with Crippen LogP contribution in [0.4, 0.5) is 0 Å². The minimum absolute atomic E-state index is 0.0448. The number of amides is 1. The predicted molar refractivity (Wildman–Crippen MR) is 101 cm³/mol. The van der Waals surface area contributed by atoms with E-state index in [-0.39, 0.29) is 19.1 Å². The van der Waals surface area contributed by atoms with Gasteiger partial charge in [0.2, 0.25) is 5.91 Å². The van der Waals surface area contributed by atoms with Gasteiger partial charge in [0.25, 0.3) is 0 Å². The lowest BCUT2D eigenvalue weighted by atomic mass is 10.2. The number of unbranched alkanes of at least 4 members (excludes halogenated alkanes) is 3. The highest BCUT2D eigenvalue weighted by Crippen LogP contribution is 2.42. The highest BCUT2D eigenvalue weighted by atomic mass is 31.2. The molecule has 0 aromatic rings. The van der Waals surface area contributed by atoms with Gasteiger partial charge in [-0.05, 0) is 43.6 Å². The molecule has 0 saturated carbocycles. The van der Waals surface area contributed by atoms with Gasteiger partial charge in [-0.3, -0.25) is 13.8 Å². The second kappa shape index (κ2) is 15.3. The van der Waals surface area contributed by atoms with Crippen molar-refractivity contribution >= 4 is 13.7 Å². The number of allylic oxidation sites excluding steroid dienone is 1. The maximum atomic E-state index is 11.6. The summed E-state index contributed by atoms with van der Waals surface area (Å²) in [4.78, 5) is 20.2. The van der Waals surface area contributed by atoms with Gasteiger partial charge in [-0.25, -0.2) is 4.57 Å². The van der Waals surface area contributed by atoms with Gasteiger partial charge in [-0.2, -0.15) is 0 Å². The molecule has 0 fully saturated rings. The monoisotopic (exact) mass is 379 g/mol. The van der Waals surface area contributed by atoms with Crippen LogP contribution in [0, 0.1) is 23.7 Å². The molecule has 6 nitrogen and oxygen atoms in total. The van der Waals surface area contributed by atoms with Gasteiger partial charge in [0.15, 0.2) is 0 Å². The molecule has 142 valence electrons. The molecule has 0 aliphatic rings. The fourth-order valence-electron chi connectivity index (χ4n) is 1.68. The summed E-state index contributed by atoms with van der Waals surface area (Å²) in [5, 5.41) is 2.71. The Morgan fingerprint density at radius 1 is 1.19 bits per heavy atom. The summed E-state index contributed by atoms with van der Waals surface area (Å²) in [5.41, 5.74) is 6.00. The van der Waals surface area contributed by atoms with Crippen molar-refractivity contribution in [2.75, 3.05) is 19.8 Å². The molecule has 0 heterocycles. The Kier molecular flexibility index (Phi) is 14.1. The number of carbonyl (C=O) groups excluding carboxylic acids is 1. The molecular weight excluding hydrogens is 353 g/mol. The molecule has 0 saturated heterocycles. The van der Waals surface area contributed by atoms with E-state index >= 15 is 0 Å². The van der Waals surface area contributed by atoms with Crippen molar-refractivity contribution in [1.29, 1.82) is 0 Å². The summed E-state index contributed by atoms with van der Waals surface area (Å²) in [7, 11) is -4.09. The molecule has 2 N–H and O–H groups in total. The van der Waals surface area contributed by atoms with E-state index in [0.29, 0.717) is 19.4 Å². The molecule has 0 aliphatic carbocycles. The van der Waals surface area contributed by atoms with E-state index in [4.69, 9.17) is 9.05 Å². The zero-order valence-corrected chi connectivity index (χ0v) is 16.3. The molecular formula is C19H26NO5P. The zero-order chi connectivity index (χ0) is 19.7. The normalized spacial score (nSPS) is 11.5. The number of rotatable bonds is 11. The number of nitrogens with one attached hydrogen (secondary N) is 1. The zero-order valence-electron chi connectivity index (χ0n) is 15.4. The average Bonchev–Trinajstić information content (AvgIpc) is 2.58. The van der Waals surface area contributed by atoms with Crippen molar-refractivity contribution in [2.24, 2.45) is 0 Å². The van der Waals surface area contributed by atoms with Gasteiger partial charge in [0.05, 0.1) is 12.2 Å². The van der Waals surface area contributed by atoms with Crippen molar-refractivity contribution in [1.82, 2.24) is 5.32 Å². The Labute approximate surface area is 156 Å². The largest absolute Gasteiger partial charge is 0.473 e. The Morgan fingerprint density at radius 2 is 1.92 bits per heavy atom. The van der Waals surface area contributed by atoms with E-state index in [2.05, 4.69) is 47.0 Å². The Balaban J connectivity index is 3.93. The number of phosphoric ester groups is 1. The standard InChI is InChI=1S/C19H26NO5P/c1-4-13-19(5-2)14-9-8-12-17-25-26(22,23)24-16-11-7-6-10-15-20-18(3)21/h1,5-7,10-11,15-17H2,2-3H3,(H,20,21)(H,22,23). The van der Waals surface area contributed by atoms with Gasteiger partial charge in [-0.1, -0.05) is 37.1 Å². The van der Waals surface area contributed by atoms with Crippen LogP contribution in [0.3, 0.4) is 0 Å². The molecule has 0 aromatic heterocycles. The first kappa shape index (κ1) is 24.0. The summed E-state index contributed by atoms with van der Waals surface area (Å²) in [6, 6.07) is 0. The maximum absolute atomic E-state index is 11.6. The summed E-state index contributed by atoms with van der Waals surface area (Å²) >= 11 is 0. The molecule has 7 heteroatoms. The van der Waals surface area contributed by atoms with E-state index in [1.807, 2.05) is 6.92 Å². The lowest BCUT2D eigenvalue weighted by molar-refractivity contribution is -0.118. The van der Waals surface area contributed by atoms with Crippen LogP contribution in [0.5, 0.6) is 0 Å². The van der Waals surface area contributed by atoms with E-state index < -0.39 is 7.82 Å². The van der Waals surface area contributed by atoms with Crippen molar-refractivity contribution in [3.63, 3.8) is 0 Å². The maximum Gasteiger partial charge on any atom is 0.473 e. The number of hydrogen-bond acceptors (Lipinski definition) is 4. The molecule has 0 rings (SSSR count). The summed E-state index contributed by atoms with van der Waals surface area (Å²) < 4.78 is 21.2. The van der Waals surface area contributed by atoms with Crippen molar-refractivity contribution < 1.29 is 23.3 Å². The van der Waals surface area contributed by atoms with Gasteiger partial charge < -0.3 is 10.2 Å². The highest BCUT2D eigenvalue weighted by molar-refractivity contribution is 7.47. The summed E-state index contributed by atoms with van der Waals surface area (Å²) in [6.45, 7) is 7.33. The number of hydrogen-bond donors (Lipinski definition) is 2. The van der Waals surface area contributed by atoms with Gasteiger partial charge in [0.1, 0.15) is 6.61 Å². The quantitative estimate of drug-likeness (QED) is 0.249. The molecule has 0 bridgehead atoms. The predicted octanol–water partition coefficient (Wildman–Crippen LogP) is 3.10. The Hall–Kier alpha value is -2.00. The van der Waals surface area contributed by atoms with E-state index in [1.54, 1.807) is 0 Å². The van der Waals surface area contributed by atoms with Crippen molar-refractivity contribution in [3.05, 3.63) is 23.6 Å². The third-order valence-electron chi connectivity index (χ3n) is 2.96. The lowest BCUT2D eigenvalue weighted by Crippen LogP contribution is -2.20. The molecule has 0 radical (unpaired) electrons. The fraction of sp³-hybridized carbons (Fsp3) is 0.526. The van der Waals surface area contributed by atoms with Crippen LogP contribution in [0.2, 0.25) is 0 Å². The van der Waals surface area contributed by atoms with Crippen molar-refractivity contribution in [3.8, 4) is 23.7 Å². The van der Waals surface area contributed by atoms with Crippen LogP contribution in [0.1, 0.15) is 46.0 Å². The van der Waals surface area contributed by atoms with Gasteiger partial charge in [-0.15, -0.1) is 0 Å². The van der Waals surface area contributed by atoms with E-state index in [1.165, 1.54) is 6.92 Å². The number of phosphoric acid groups is 1. The fourth-order valence-corrected chi connectivity index (χ4v) is 2.34. The summed E-state index contributed by atoms with van der Waals surface area (Å²) in [5.74, 6) is 10.4. The molecule has 0 aliphatic heterocycles. The topological polar surface area (TPSA) is 84.9 Å². The third-order valence-corrected chi connectivity index (χ3v) is 3.92. The minimum Gasteiger partial charge on any atom is -0.356 e. The average molecular weight is 379 g/mol. The Morgan fingerprint density at radius 3 is 2.58 bits per heavy atom. The van der Waals surface area contributed by atoms with E-state index in [0.717, 1.165) is 24.8 Å². The lowest BCUT2D eigenvalue weighted by Gasteiger charge is -2.10. The van der Waals surface area contributed by atoms with Crippen LogP contribution in [-0.4, -0.2) is 30.6 Å². The van der Waals surface area contributed by atoms with Crippen LogP contribution in [0.25, 0.3) is 0 Å². The molecule has 1 unspecified atom stereocenters. The van der Waals surface area contributed by atoms with Crippen LogP contribution in [-0.2, 0) is 18.4 Å². The first-order chi connectivity index (χ1) is 12.4. The molecule has 1 atom stereocenters. The molecule has 26 heavy (non-hydrogen) atoms. The van der Waals surface area contributed by atoms with Crippen LogP contribution >= 0.6 is 7.82 Å². The van der Waals surface area contributed by atoms with E-state index in [9.17, 15) is 14.3 Å². The Bertz CT molecular complexity index is 695. The molecule has 1 amide bonds. The second-order valence-electron chi connectivity index (χ2n) is 5.16. The van der Waals surface area contributed by atoms with Crippen LogP contribution < -0.4 is 5.32 Å². The molecule has 0 aromatic carbocycles. The molecule has 0 spiro atoms. The smallest absolute Gasteiger partial charge is 0.356 e. The van der Waals surface area contributed by atoms with Gasteiger partial charge in [0, 0.05) is 13.5 Å². The van der Waals surface area contributed by atoms with Crippen LogP contribution in [0.15, 0.2) is 23.6 Å². The highest BCUT2D eigenvalue weighted by Gasteiger charge is 2.19. The van der Waals surface area contributed by atoms with Gasteiger partial charge >= 0.3 is 7.82 Å². The second-order valence-corrected chi connectivity index (χ2v) is 6.61. The summed E-state index contributed by atoms with van der Waals surface area (Å²) in [6.07, 6.45) is 3.93. The first-order valence-corrected chi connectivity index (χ1v) is 9.90.